The quantitative estimate of drug-likeness (QED) is 0.191. The fraction of sp³-hybridized carbons (Fsp3) is 0.730. The molecule has 0 atom stereocenters. The summed E-state index contributed by atoms with van der Waals surface area (Å²) in [4.78, 5) is 0. The molecule has 0 spiro atoms. The Morgan fingerprint density at radius 1 is 0.351 bits per heavy atom. The molecule has 0 heterocycles. The van der Waals surface area contributed by atoms with Crippen molar-refractivity contribution in [2.75, 3.05) is 0 Å². The van der Waals surface area contributed by atoms with Crippen molar-refractivity contribution >= 4 is 0 Å². The maximum Gasteiger partial charge on any atom is -0.0178 e. The van der Waals surface area contributed by atoms with Gasteiger partial charge in [0.15, 0.2) is 0 Å². The highest BCUT2D eigenvalue weighted by Gasteiger charge is 2.27. The molecule has 0 radical (unpaired) electrons. The van der Waals surface area contributed by atoms with E-state index in [0.29, 0.717) is 38.4 Å². The molecule has 0 saturated carbocycles. The average Bonchev–Trinajstić information content (AvgIpc) is 3.17. The molecule has 0 unspecified atom stereocenters. The molecule has 0 aromatic heterocycles. The van der Waals surface area contributed by atoms with Crippen molar-refractivity contribution in [3.63, 3.8) is 0 Å². The molecule has 0 nitrogen and oxygen atoms in total. The molecular weight excluding hydrogens is 889 g/mol. The topological polar surface area (TPSA) is 0 Å². The summed E-state index contributed by atoms with van der Waals surface area (Å²) in [5.41, 5.74) is 20.7. The SMILES string of the molecule is C=C(C)C.C=C(C)C(=C)C.C=C(C)C(C)(C)C.C=C(C)C(C)C.C=C1C(C)=C(C)C(C)=C(C)C(C)=C1C.CC(C)(C)C.CC(C)(C)C(C)(C)C.CC(C)=C(C)C.CC(C)C.CC(C)C(C)(C)C.CC(C)C(C)(C)C. The van der Waals surface area contributed by atoms with Gasteiger partial charge in [0.1, 0.15) is 0 Å². The van der Waals surface area contributed by atoms with E-state index in [1.54, 1.807) is 0 Å². The van der Waals surface area contributed by atoms with Crippen LogP contribution in [0, 0.1) is 56.2 Å². The Morgan fingerprint density at radius 2 is 0.473 bits per heavy atom. The Balaban J connectivity index is -0.0000000778. The molecule has 1 aliphatic rings. The summed E-state index contributed by atoms with van der Waals surface area (Å²) in [5.74, 6) is 3.09. The second kappa shape index (κ2) is 44.4. The summed E-state index contributed by atoms with van der Waals surface area (Å²) in [7, 11) is 0. The Kier molecular flexibility index (Phi) is 56.3. The third kappa shape index (κ3) is 78.3. The van der Waals surface area contributed by atoms with Crippen LogP contribution in [0.15, 0.2) is 117 Å². The van der Waals surface area contributed by atoms with Crippen LogP contribution in [0.2, 0.25) is 0 Å². The molecule has 0 fully saturated rings. The number of hydrogen-bond acceptors (Lipinski definition) is 0. The monoisotopic (exact) mass is 1040 g/mol. The highest BCUT2D eigenvalue weighted by Crippen LogP contribution is 2.37. The van der Waals surface area contributed by atoms with E-state index in [9.17, 15) is 0 Å². The molecule has 0 N–H and O–H groups in total. The van der Waals surface area contributed by atoms with Gasteiger partial charge < -0.3 is 0 Å². The lowest BCUT2D eigenvalue weighted by atomic mass is 9.71. The van der Waals surface area contributed by atoms with Gasteiger partial charge in [-0.15, -0.1) is 6.58 Å². The maximum atomic E-state index is 4.16. The molecule has 74 heavy (non-hydrogen) atoms. The van der Waals surface area contributed by atoms with Crippen LogP contribution >= 0.6 is 0 Å². The van der Waals surface area contributed by atoms with Crippen molar-refractivity contribution in [3.8, 4) is 0 Å². The molecule has 0 aromatic rings. The van der Waals surface area contributed by atoms with E-state index < -0.39 is 0 Å². The normalized spacial score (nSPS) is 12.4. The summed E-state index contributed by atoms with van der Waals surface area (Å²) in [5, 5.41) is 0. The molecule has 0 heteroatoms. The van der Waals surface area contributed by atoms with Gasteiger partial charge in [0.05, 0.1) is 0 Å². The fourth-order valence-electron chi connectivity index (χ4n) is 1.86. The third-order valence-electron chi connectivity index (χ3n) is 13.4. The summed E-state index contributed by atoms with van der Waals surface area (Å²) in [6.45, 7) is 118. The Morgan fingerprint density at radius 3 is 0.527 bits per heavy atom. The van der Waals surface area contributed by atoms with E-state index in [2.05, 4.69) is 309 Å². The van der Waals surface area contributed by atoms with Gasteiger partial charge in [-0.3, -0.25) is 0 Å². The zero-order valence-corrected chi connectivity index (χ0v) is 60.6. The van der Waals surface area contributed by atoms with Gasteiger partial charge in [-0.05, 0) is 206 Å². The lowest BCUT2D eigenvalue weighted by Gasteiger charge is -2.34. The predicted octanol–water partition coefficient (Wildman–Crippen LogP) is 27.6. The fourth-order valence-corrected chi connectivity index (χ4v) is 1.86. The Bertz CT molecular complexity index is 1560. The number of allylic oxidation sites excluding steroid dienone is 14. The zero-order valence-electron chi connectivity index (χ0n) is 60.6. The first-order valence-electron chi connectivity index (χ1n) is 28.4. The first-order valence-corrected chi connectivity index (χ1v) is 28.4. The lowest BCUT2D eigenvalue weighted by molar-refractivity contribution is 0.157. The van der Waals surface area contributed by atoms with Gasteiger partial charge in [-0.2, -0.15) is 0 Å². The summed E-state index contributed by atoms with van der Waals surface area (Å²) < 4.78 is 0. The van der Waals surface area contributed by atoms with E-state index in [4.69, 9.17) is 0 Å². The van der Waals surface area contributed by atoms with E-state index in [1.165, 1.54) is 66.9 Å². The second-order valence-electron chi connectivity index (χ2n) is 30.3. The number of rotatable bonds is 2. The molecule has 0 aliphatic heterocycles. The Labute approximate surface area is 476 Å². The molecule has 0 amide bonds. The van der Waals surface area contributed by atoms with Crippen molar-refractivity contribution in [3.05, 3.63) is 117 Å². The van der Waals surface area contributed by atoms with Crippen LogP contribution < -0.4 is 0 Å². The zero-order chi connectivity index (χ0) is 63.4. The largest absolute Gasteiger partial charge is 0.100 e. The molecule has 0 bridgehead atoms. The van der Waals surface area contributed by atoms with Crippen LogP contribution in [0.5, 0.6) is 0 Å². The summed E-state index contributed by atoms with van der Waals surface area (Å²) in [6.07, 6.45) is 0. The molecule has 1 rings (SSSR count). The second-order valence-corrected chi connectivity index (χ2v) is 30.3. The first-order chi connectivity index (χ1) is 31.8. The standard InChI is InChI=1S/C14H20.C8H18.2C7H16.C7H14.2C6H12.C6H10.C5H12.C4H10.C4H8/c1-8-9(2)11(4)13(6)14(7)12(5)10(8)3;1-7(2,3)8(4,5)6;3*1-6(2)7(3,4)5;3*1-5(2)6(3)4;1-5(2,3)4;2*1-4(2)3/h1H2,2-7H3;1-6H3;2*6H,1-5H3;1H2,2-5H3;1-4H3;6H,1H2,2-4H3;1,3H2,2,4H3;1-4H3;4H,1-3H3;1H2,2-3H3. The molecule has 1 aliphatic carbocycles. The van der Waals surface area contributed by atoms with Crippen molar-refractivity contribution in [2.24, 2.45) is 56.2 Å². The van der Waals surface area contributed by atoms with E-state index >= 15 is 0 Å². The molecule has 444 valence electrons. The predicted molar refractivity (Wildman–Crippen MR) is 361 cm³/mol. The van der Waals surface area contributed by atoms with Crippen LogP contribution in [-0.4, -0.2) is 0 Å². The van der Waals surface area contributed by atoms with E-state index in [1.807, 2.05) is 34.6 Å². The van der Waals surface area contributed by atoms with Crippen LogP contribution in [-0.2, 0) is 0 Å². The van der Waals surface area contributed by atoms with Crippen molar-refractivity contribution in [1.29, 1.82) is 0 Å². The van der Waals surface area contributed by atoms with E-state index in [-0.39, 0.29) is 0 Å². The van der Waals surface area contributed by atoms with Crippen molar-refractivity contribution < 1.29 is 0 Å². The molecular formula is C74H148. The Hall–Kier alpha value is -2.60. The lowest BCUT2D eigenvalue weighted by Crippen LogP contribution is -2.25. The van der Waals surface area contributed by atoms with E-state index in [0.717, 1.165) is 28.9 Å². The smallest absolute Gasteiger partial charge is 0.0178 e. The highest BCUT2D eigenvalue weighted by atomic mass is 14.3. The minimum Gasteiger partial charge on any atom is -0.100 e. The minimum atomic E-state index is 0.306. The van der Waals surface area contributed by atoms with Gasteiger partial charge >= 0.3 is 0 Å². The molecule has 0 aromatic carbocycles. The van der Waals surface area contributed by atoms with Crippen LogP contribution in [0.3, 0.4) is 0 Å². The number of hydrogen-bond donors (Lipinski definition) is 0. The first kappa shape index (κ1) is 93.9. The van der Waals surface area contributed by atoms with Gasteiger partial charge in [0, 0.05) is 0 Å². The van der Waals surface area contributed by atoms with Gasteiger partial charge in [0.25, 0.3) is 0 Å². The van der Waals surface area contributed by atoms with Gasteiger partial charge in [-0.25, -0.2) is 0 Å². The van der Waals surface area contributed by atoms with Crippen molar-refractivity contribution in [2.45, 2.75) is 305 Å². The summed E-state index contributed by atoms with van der Waals surface area (Å²) in [6, 6.07) is 0. The van der Waals surface area contributed by atoms with Crippen LogP contribution in [0.25, 0.3) is 0 Å². The maximum absolute atomic E-state index is 4.16. The highest BCUT2D eigenvalue weighted by molar-refractivity contribution is 5.59. The third-order valence-corrected chi connectivity index (χ3v) is 13.4. The van der Waals surface area contributed by atoms with Crippen molar-refractivity contribution in [1.82, 2.24) is 0 Å². The average molecular weight is 1040 g/mol. The molecule has 0 saturated heterocycles. The minimum absolute atomic E-state index is 0.306. The van der Waals surface area contributed by atoms with Crippen LogP contribution in [0.1, 0.15) is 305 Å². The van der Waals surface area contributed by atoms with Gasteiger partial charge in [0.2, 0.25) is 0 Å². The van der Waals surface area contributed by atoms with Gasteiger partial charge in [-0.1, -0.05) is 266 Å². The van der Waals surface area contributed by atoms with Crippen LogP contribution in [0.4, 0.5) is 0 Å². The summed E-state index contributed by atoms with van der Waals surface area (Å²) >= 11 is 0.